The smallest absolute Gasteiger partial charge is 0.376 e. The largest absolute Gasteiger partial charge is 0.433 e. The van der Waals surface area contributed by atoms with Gasteiger partial charge >= 0.3 is 6.18 Å². The first kappa shape index (κ1) is 19.4. The molecule has 9 heteroatoms. The highest BCUT2D eigenvalue weighted by Gasteiger charge is 2.44. The fourth-order valence-electron chi connectivity index (χ4n) is 4.38. The van der Waals surface area contributed by atoms with Crippen LogP contribution in [0.2, 0.25) is 0 Å². The van der Waals surface area contributed by atoms with Crippen molar-refractivity contribution in [1.29, 1.82) is 0 Å². The number of nitrogens with one attached hydrogen (secondary N) is 1. The average molecular weight is 398 g/mol. The molecular formula is C19H25F3N4O2. The Bertz CT molecular complexity index is 725. The highest BCUT2D eigenvalue weighted by molar-refractivity contribution is 5.73. The number of aromatic nitrogens is 2. The van der Waals surface area contributed by atoms with E-state index in [1.54, 1.807) is 0 Å². The molecule has 2 heterocycles. The lowest BCUT2D eigenvalue weighted by Gasteiger charge is -2.38. The zero-order chi connectivity index (χ0) is 19.9. The number of alkyl halides is 3. The number of amides is 1. The van der Waals surface area contributed by atoms with Gasteiger partial charge in [0, 0.05) is 32.8 Å². The van der Waals surface area contributed by atoms with Gasteiger partial charge in [-0.05, 0) is 49.5 Å². The van der Waals surface area contributed by atoms with Crippen molar-refractivity contribution in [3.8, 4) is 0 Å². The Labute approximate surface area is 161 Å². The molecule has 2 aliphatic carbocycles. The van der Waals surface area contributed by atoms with Crippen LogP contribution in [0.25, 0.3) is 0 Å². The zero-order valence-electron chi connectivity index (χ0n) is 15.8. The van der Waals surface area contributed by atoms with Gasteiger partial charge in [-0.15, -0.1) is 0 Å². The standard InChI is InChI=1S/C19H25F3N4O2/c1-11(27)24-15-6-13-8-26(18-23-5-4-17(25-18)19(20,21)22)9-14(13)7-16(15)28-10-12-2-3-12/h4-5,12-16H,2-3,6-10H2,1H3,(H,24,27)/t13-,14+,15-,16-/m1/s1. The minimum atomic E-state index is -4.48. The van der Waals surface area contributed by atoms with Crippen molar-refractivity contribution in [3.05, 3.63) is 18.0 Å². The Morgan fingerprint density at radius 1 is 1.29 bits per heavy atom. The normalized spacial score (nSPS) is 30.2. The summed E-state index contributed by atoms with van der Waals surface area (Å²) in [4.78, 5) is 21.2. The number of carbonyl (C=O) groups excluding carboxylic acids is 1. The molecule has 1 N–H and O–H groups in total. The first-order valence-corrected chi connectivity index (χ1v) is 9.83. The van der Waals surface area contributed by atoms with Gasteiger partial charge < -0.3 is 15.0 Å². The van der Waals surface area contributed by atoms with Crippen LogP contribution >= 0.6 is 0 Å². The van der Waals surface area contributed by atoms with Crippen molar-refractivity contribution in [2.24, 2.45) is 17.8 Å². The van der Waals surface area contributed by atoms with E-state index in [4.69, 9.17) is 4.74 Å². The van der Waals surface area contributed by atoms with Gasteiger partial charge in [0.2, 0.25) is 11.9 Å². The maximum absolute atomic E-state index is 13.0. The predicted octanol–water partition coefficient (Wildman–Crippen LogP) is 2.64. The summed E-state index contributed by atoms with van der Waals surface area (Å²) in [5.41, 5.74) is -0.922. The molecule has 0 aromatic carbocycles. The molecule has 6 nitrogen and oxygen atoms in total. The molecule has 154 valence electrons. The third kappa shape index (κ3) is 4.39. The summed E-state index contributed by atoms with van der Waals surface area (Å²) in [5.74, 6) is 1.24. The van der Waals surface area contributed by atoms with Gasteiger partial charge in [-0.25, -0.2) is 9.97 Å². The molecule has 1 aromatic rings. The summed E-state index contributed by atoms with van der Waals surface area (Å²) in [6.07, 6.45) is 0.576. The number of rotatable bonds is 5. The molecule has 28 heavy (non-hydrogen) atoms. The summed E-state index contributed by atoms with van der Waals surface area (Å²) in [5, 5.41) is 3.01. The Morgan fingerprint density at radius 2 is 2.00 bits per heavy atom. The molecule has 0 bridgehead atoms. The summed E-state index contributed by atoms with van der Waals surface area (Å²) in [6.45, 7) is 3.43. The van der Waals surface area contributed by atoms with Gasteiger partial charge in [-0.2, -0.15) is 13.2 Å². The summed E-state index contributed by atoms with van der Waals surface area (Å²) in [7, 11) is 0. The second kappa shape index (κ2) is 7.50. The van der Waals surface area contributed by atoms with Crippen LogP contribution in [-0.2, 0) is 15.7 Å². The van der Waals surface area contributed by atoms with E-state index >= 15 is 0 Å². The molecule has 1 amide bonds. The number of anilines is 1. The highest BCUT2D eigenvalue weighted by atomic mass is 19.4. The predicted molar refractivity (Wildman–Crippen MR) is 95.5 cm³/mol. The Balaban J connectivity index is 1.45. The third-order valence-corrected chi connectivity index (χ3v) is 5.96. The third-order valence-electron chi connectivity index (χ3n) is 5.96. The van der Waals surface area contributed by atoms with E-state index < -0.39 is 11.9 Å². The quantitative estimate of drug-likeness (QED) is 0.826. The Kier molecular flexibility index (Phi) is 5.20. The minimum Gasteiger partial charge on any atom is -0.376 e. The van der Waals surface area contributed by atoms with Gasteiger partial charge in [-0.3, -0.25) is 4.79 Å². The van der Waals surface area contributed by atoms with Crippen LogP contribution in [0.1, 0.15) is 38.3 Å². The number of nitrogens with zero attached hydrogens (tertiary/aromatic N) is 3. The lowest BCUT2D eigenvalue weighted by atomic mass is 9.77. The zero-order valence-corrected chi connectivity index (χ0v) is 15.8. The number of carbonyl (C=O) groups is 1. The van der Waals surface area contributed by atoms with Crippen molar-refractivity contribution < 1.29 is 22.7 Å². The Morgan fingerprint density at radius 3 is 2.64 bits per heavy atom. The van der Waals surface area contributed by atoms with E-state index in [1.807, 2.05) is 4.90 Å². The second-order valence-corrected chi connectivity index (χ2v) is 8.26. The van der Waals surface area contributed by atoms with E-state index in [-0.39, 0.29) is 29.9 Å². The van der Waals surface area contributed by atoms with Crippen molar-refractivity contribution in [2.75, 3.05) is 24.6 Å². The molecule has 3 fully saturated rings. The number of hydrogen-bond acceptors (Lipinski definition) is 5. The van der Waals surface area contributed by atoms with Crippen LogP contribution in [-0.4, -0.2) is 47.7 Å². The molecule has 1 aliphatic heterocycles. The maximum atomic E-state index is 13.0. The van der Waals surface area contributed by atoms with Gasteiger partial charge in [-0.1, -0.05) is 0 Å². The van der Waals surface area contributed by atoms with Gasteiger partial charge in [0.15, 0.2) is 0 Å². The number of ether oxygens (including phenoxy) is 1. The van der Waals surface area contributed by atoms with Crippen molar-refractivity contribution in [1.82, 2.24) is 15.3 Å². The summed E-state index contributed by atoms with van der Waals surface area (Å²) in [6, 6.07) is 0.834. The molecule has 1 aromatic heterocycles. The molecular weight excluding hydrogens is 373 g/mol. The topological polar surface area (TPSA) is 67.4 Å². The number of fused-ring (bicyclic) bond motifs is 1. The van der Waals surface area contributed by atoms with E-state index in [0.717, 1.165) is 31.7 Å². The van der Waals surface area contributed by atoms with Gasteiger partial charge in [0.25, 0.3) is 0 Å². The van der Waals surface area contributed by atoms with Crippen LogP contribution in [0.3, 0.4) is 0 Å². The lowest BCUT2D eigenvalue weighted by molar-refractivity contribution is -0.141. The second-order valence-electron chi connectivity index (χ2n) is 8.26. The fourth-order valence-corrected chi connectivity index (χ4v) is 4.38. The SMILES string of the molecule is CC(=O)N[C@@H]1C[C@@H]2CN(c3nccc(C(F)(F)F)n3)C[C@@H]2C[C@H]1OCC1CC1. The Hall–Kier alpha value is -1.90. The van der Waals surface area contributed by atoms with Crippen LogP contribution in [0.4, 0.5) is 19.1 Å². The minimum absolute atomic E-state index is 0.0480. The van der Waals surface area contributed by atoms with Crippen LogP contribution in [0.15, 0.2) is 12.3 Å². The van der Waals surface area contributed by atoms with E-state index in [1.165, 1.54) is 19.8 Å². The summed E-state index contributed by atoms with van der Waals surface area (Å²) >= 11 is 0. The first-order valence-electron chi connectivity index (χ1n) is 9.83. The highest BCUT2D eigenvalue weighted by Crippen LogP contribution is 2.40. The van der Waals surface area contributed by atoms with Crippen molar-refractivity contribution >= 4 is 11.9 Å². The van der Waals surface area contributed by atoms with E-state index in [9.17, 15) is 18.0 Å². The average Bonchev–Trinajstić information content (AvgIpc) is 3.37. The molecule has 4 rings (SSSR count). The van der Waals surface area contributed by atoms with Crippen LogP contribution in [0.5, 0.6) is 0 Å². The van der Waals surface area contributed by atoms with Crippen molar-refractivity contribution in [3.63, 3.8) is 0 Å². The molecule has 0 radical (unpaired) electrons. The molecule has 3 aliphatic rings. The van der Waals surface area contributed by atoms with E-state index in [2.05, 4.69) is 15.3 Å². The van der Waals surface area contributed by atoms with Crippen molar-refractivity contribution in [2.45, 2.75) is 50.9 Å². The lowest BCUT2D eigenvalue weighted by Crippen LogP contribution is -2.50. The molecule has 4 atom stereocenters. The maximum Gasteiger partial charge on any atom is 0.433 e. The van der Waals surface area contributed by atoms with Gasteiger partial charge in [0.05, 0.1) is 12.1 Å². The fraction of sp³-hybridized carbons (Fsp3) is 0.737. The van der Waals surface area contributed by atoms with Crippen LogP contribution in [0, 0.1) is 17.8 Å². The number of hydrogen-bond donors (Lipinski definition) is 1. The monoisotopic (exact) mass is 398 g/mol. The summed E-state index contributed by atoms with van der Waals surface area (Å²) < 4.78 is 45.0. The number of halogens is 3. The molecule has 0 unspecified atom stereocenters. The molecule has 2 saturated carbocycles. The molecule has 1 saturated heterocycles. The molecule has 0 spiro atoms. The van der Waals surface area contributed by atoms with Gasteiger partial charge in [0.1, 0.15) is 5.69 Å². The van der Waals surface area contributed by atoms with E-state index in [0.29, 0.717) is 24.9 Å². The van der Waals surface area contributed by atoms with Crippen LogP contribution < -0.4 is 10.2 Å². The first-order chi connectivity index (χ1) is 13.3.